The Labute approximate surface area is 187 Å². The number of methoxy groups -OCH3 is 1. The maximum Gasteiger partial charge on any atom is 0.162 e. The standard InChI is InChI=1S/C25H28FN5O/c1-6-21-28-29-24-25(3,4)27-22-19(26)14-18(15(2)23(22)31(21)24)16-8-7-9-20-17(16)10-11-30(20)12-13-32-5/h7-11,14,27H,6,12-13H2,1-5H3. The van der Waals surface area contributed by atoms with E-state index >= 15 is 4.39 Å². The van der Waals surface area contributed by atoms with Gasteiger partial charge < -0.3 is 14.6 Å². The number of nitrogens with one attached hydrogen (secondary N) is 1. The lowest BCUT2D eigenvalue weighted by molar-refractivity contribution is 0.188. The molecule has 2 aromatic carbocycles. The van der Waals surface area contributed by atoms with Gasteiger partial charge in [0.25, 0.3) is 0 Å². The first-order chi connectivity index (χ1) is 15.4. The second-order valence-electron chi connectivity index (χ2n) is 8.87. The number of rotatable bonds is 5. The molecule has 0 bridgehead atoms. The first-order valence-corrected chi connectivity index (χ1v) is 11.0. The Bertz CT molecular complexity index is 1330. The highest BCUT2D eigenvalue weighted by atomic mass is 19.1. The fourth-order valence-corrected chi connectivity index (χ4v) is 4.81. The smallest absolute Gasteiger partial charge is 0.162 e. The Morgan fingerprint density at radius 2 is 1.97 bits per heavy atom. The summed E-state index contributed by atoms with van der Waals surface area (Å²) in [6.45, 7) is 9.51. The number of aromatic nitrogens is 4. The molecule has 5 rings (SSSR count). The van der Waals surface area contributed by atoms with Gasteiger partial charge in [0.1, 0.15) is 11.6 Å². The van der Waals surface area contributed by atoms with Crippen molar-refractivity contribution in [2.45, 2.75) is 46.2 Å². The lowest BCUT2D eigenvalue weighted by Crippen LogP contribution is -2.37. The summed E-state index contributed by atoms with van der Waals surface area (Å²) in [4.78, 5) is 0. The number of nitrogens with zero attached hydrogens (tertiary/aromatic N) is 4. The molecule has 0 radical (unpaired) electrons. The van der Waals surface area contributed by atoms with E-state index in [1.807, 2.05) is 31.4 Å². The van der Waals surface area contributed by atoms with Gasteiger partial charge in [-0.25, -0.2) is 4.39 Å². The second-order valence-corrected chi connectivity index (χ2v) is 8.87. The predicted molar refractivity (Wildman–Crippen MR) is 125 cm³/mol. The molecule has 6 nitrogen and oxygen atoms in total. The number of ether oxygens (including phenoxy) is 1. The molecule has 3 heterocycles. The molecule has 0 spiro atoms. The molecule has 0 aliphatic carbocycles. The first kappa shape index (κ1) is 20.7. The Hall–Kier alpha value is -3.19. The minimum absolute atomic E-state index is 0.272. The first-order valence-electron chi connectivity index (χ1n) is 11.0. The maximum absolute atomic E-state index is 15.6. The Morgan fingerprint density at radius 3 is 2.72 bits per heavy atom. The highest BCUT2D eigenvalue weighted by Gasteiger charge is 2.37. The fraction of sp³-hybridized carbons (Fsp3) is 0.360. The van der Waals surface area contributed by atoms with Crippen LogP contribution in [0.1, 0.15) is 38.0 Å². The molecule has 1 aliphatic rings. The van der Waals surface area contributed by atoms with Gasteiger partial charge >= 0.3 is 0 Å². The quantitative estimate of drug-likeness (QED) is 0.470. The highest BCUT2D eigenvalue weighted by Crippen LogP contribution is 2.44. The molecule has 0 amide bonds. The zero-order chi connectivity index (χ0) is 22.6. The molecule has 0 unspecified atom stereocenters. The lowest BCUT2D eigenvalue weighted by Gasteiger charge is -2.35. The summed E-state index contributed by atoms with van der Waals surface area (Å²) in [7, 11) is 1.70. The highest BCUT2D eigenvalue weighted by molar-refractivity contribution is 5.97. The van der Waals surface area contributed by atoms with E-state index in [0.29, 0.717) is 18.7 Å². The Morgan fingerprint density at radius 1 is 1.16 bits per heavy atom. The van der Waals surface area contributed by atoms with Crippen LogP contribution in [0.2, 0.25) is 0 Å². The summed E-state index contributed by atoms with van der Waals surface area (Å²) in [6, 6.07) is 9.93. The number of fused-ring (bicyclic) bond motifs is 4. The molecule has 0 saturated carbocycles. The van der Waals surface area contributed by atoms with Gasteiger partial charge in [-0.3, -0.25) is 4.57 Å². The summed E-state index contributed by atoms with van der Waals surface area (Å²) >= 11 is 0. The number of hydrogen-bond donors (Lipinski definition) is 1. The number of aryl methyl sites for hydroxylation is 1. The van der Waals surface area contributed by atoms with Crippen LogP contribution in [-0.4, -0.2) is 33.0 Å². The molecule has 0 atom stereocenters. The minimum atomic E-state index is -0.527. The molecule has 32 heavy (non-hydrogen) atoms. The van der Waals surface area contributed by atoms with E-state index in [2.05, 4.69) is 51.4 Å². The topological polar surface area (TPSA) is 56.9 Å². The van der Waals surface area contributed by atoms with Gasteiger partial charge in [0.05, 0.1) is 23.5 Å². The van der Waals surface area contributed by atoms with E-state index in [1.165, 1.54) is 0 Å². The third-order valence-corrected chi connectivity index (χ3v) is 6.41. The van der Waals surface area contributed by atoms with Crippen LogP contribution in [0, 0.1) is 12.7 Å². The third-order valence-electron chi connectivity index (χ3n) is 6.41. The third kappa shape index (κ3) is 2.95. The molecule has 0 fully saturated rings. The number of benzene rings is 2. The molecular weight excluding hydrogens is 405 g/mol. The molecule has 7 heteroatoms. The summed E-state index contributed by atoms with van der Waals surface area (Å²) in [6.07, 6.45) is 2.78. The average Bonchev–Trinajstić information content (AvgIpc) is 3.39. The molecule has 166 valence electrons. The van der Waals surface area contributed by atoms with Crippen molar-refractivity contribution >= 4 is 16.6 Å². The Kier molecular flexibility index (Phi) is 4.82. The van der Waals surface area contributed by atoms with Crippen molar-refractivity contribution in [3.63, 3.8) is 0 Å². The minimum Gasteiger partial charge on any atom is -0.383 e. The van der Waals surface area contributed by atoms with Crippen molar-refractivity contribution in [1.29, 1.82) is 0 Å². The van der Waals surface area contributed by atoms with E-state index in [4.69, 9.17) is 4.74 Å². The van der Waals surface area contributed by atoms with E-state index < -0.39 is 5.54 Å². The predicted octanol–water partition coefficient (Wildman–Crippen LogP) is 5.21. The fourth-order valence-electron chi connectivity index (χ4n) is 4.81. The van der Waals surface area contributed by atoms with Crippen molar-refractivity contribution < 1.29 is 9.13 Å². The van der Waals surface area contributed by atoms with E-state index in [0.717, 1.165) is 51.5 Å². The monoisotopic (exact) mass is 433 g/mol. The number of hydrogen-bond acceptors (Lipinski definition) is 4. The van der Waals surface area contributed by atoms with Crippen LogP contribution in [0.5, 0.6) is 0 Å². The van der Waals surface area contributed by atoms with E-state index in [1.54, 1.807) is 13.2 Å². The normalized spacial score (nSPS) is 14.3. The van der Waals surface area contributed by atoms with E-state index in [9.17, 15) is 0 Å². The molecule has 4 aromatic rings. The zero-order valence-electron chi connectivity index (χ0n) is 19.2. The van der Waals surface area contributed by atoms with Crippen LogP contribution in [-0.2, 0) is 23.2 Å². The van der Waals surface area contributed by atoms with Crippen molar-refractivity contribution in [1.82, 2.24) is 19.3 Å². The molecule has 2 aromatic heterocycles. The van der Waals surface area contributed by atoms with Crippen LogP contribution in [0.15, 0.2) is 36.5 Å². The average molecular weight is 434 g/mol. The maximum atomic E-state index is 15.6. The van der Waals surface area contributed by atoms with Gasteiger partial charge in [0.2, 0.25) is 0 Å². The SMILES string of the molecule is CCc1nnc2n1-c1c(C)c(-c3cccc4c3ccn4CCOC)cc(F)c1NC2(C)C. The summed E-state index contributed by atoms with van der Waals surface area (Å²) in [5.41, 5.74) is 4.76. The van der Waals surface area contributed by atoms with Crippen LogP contribution in [0.3, 0.4) is 0 Å². The molecule has 1 aliphatic heterocycles. The van der Waals surface area contributed by atoms with Crippen molar-refractivity contribution in [3.8, 4) is 16.8 Å². The summed E-state index contributed by atoms with van der Waals surface area (Å²) in [5, 5.41) is 13.3. The van der Waals surface area contributed by atoms with Crippen LogP contribution < -0.4 is 5.32 Å². The van der Waals surface area contributed by atoms with Crippen molar-refractivity contribution in [3.05, 3.63) is 59.6 Å². The zero-order valence-corrected chi connectivity index (χ0v) is 19.2. The van der Waals surface area contributed by atoms with Crippen molar-refractivity contribution in [2.75, 3.05) is 19.0 Å². The largest absolute Gasteiger partial charge is 0.383 e. The number of halogens is 1. The van der Waals surface area contributed by atoms with Crippen molar-refractivity contribution in [2.24, 2.45) is 0 Å². The van der Waals surface area contributed by atoms with Gasteiger partial charge in [0, 0.05) is 37.2 Å². The van der Waals surface area contributed by atoms with Gasteiger partial charge in [-0.2, -0.15) is 0 Å². The summed E-state index contributed by atoms with van der Waals surface area (Å²) < 4.78 is 25.1. The van der Waals surface area contributed by atoms with E-state index in [-0.39, 0.29) is 5.82 Å². The lowest BCUT2D eigenvalue weighted by atomic mass is 9.92. The van der Waals surface area contributed by atoms with Crippen LogP contribution in [0.25, 0.3) is 27.7 Å². The number of anilines is 1. The van der Waals surface area contributed by atoms with Crippen LogP contribution in [0.4, 0.5) is 10.1 Å². The molecular formula is C25H28FN5O. The van der Waals surface area contributed by atoms with Gasteiger partial charge in [0.15, 0.2) is 5.82 Å². The van der Waals surface area contributed by atoms with Gasteiger partial charge in [-0.15, -0.1) is 10.2 Å². The molecule has 1 N–H and O–H groups in total. The second kappa shape index (κ2) is 7.45. The summed E-state index contributed by atoms with van der Waals surface area (Å²) in [5.74, 6) is 1.36. The molecule has 0 saturated heterocycles. The Balaban J connectivity index is 1.76. The van der Waals surface area contributed by atoms with Crippen LogP contribution >= 0.6 is 0 Å². The van der Waals surface area contributed by atoms with Gasteiger partial charge in [-0.1, -0.05) is 19.1 Å². The van der Waals surface area contributed by atoms with Gasteiger partial charge in [-0.05, 0) is 55.7 Å².